The Balaban J connectivity index is 2.00. The van der Waals surface area contributed by atoms with Crippen molar-refractivity contribution in [1.29, 1.82) is 0 Å². The van der Waals surface area contributed by atoms with Crippen molar-refractivity contribution in [2.24, 2.45) is 5.73 Å². The Bertz CT molecular complexity index is 723. The molecule has 0 heterocycles. The van der Waals surface area contributed by atoms with E-state index in [0.717, 1.165) is 11.1 Å². The van der Waals surface area contributed by atoms with Crippen LogP contribution in [0.2, 0.25) is 0 Å². The first-order valence-corrected chi connectivity index (χ1v) is 6.76. The summed E-state index contributed by atoms with van der Waals surface area (Å²) in [4.78, 5) is 23.1. The molecule has 2 aromatic carbocycles. The van der Waals surface area contributed by atoms with Gasteiger partial charge in [-0.3, -0.25) is 4.79 Å². The monoisotopic (exact) mass is 295 g/mol. The number of carbonyl (C=O) groups is 2. The van der Waals surface area contributed by atoms with Crippen LogP contribution in [0.1, 0.15) is 21.5 Å². The molecule has 112 valence electrons. The quantitative estimate of drug-likeness (QED) is 0.810. The van der Waals surface area contributed by atoms with Crippen LogP contribution in [0.3, 0.4) is 0 Å². The van der Waals surface area contributed by atoms with Crippen molar-refractivity contribution in [1.82, 2.24) is 5.32 Å². The summed E-state index contributed by atoms with van der Waals surface area (Å²) in [6, 6.07) is 13.9. The maximum Gasteiger partial charge on any atom is 0.323 e. The standard InChI is InChI=1S/C17H17N3O2/c1-12-6-2-3-7-13(12)10-11-19-17(22)20-15-9-5-4-8-14(15)16(18)21/h2-11H,1H3,(H2,18,21)(H2,19,20,22)/b11-10+. The zero-order valence-electron chi connectivity index (χ0n) is 12.2. The van der Waals surface area contributed by atoms with Crippen LogP contribution in [-0.2, 0) is 0 Å². The Labute approximate surface area is 128 Å². The zero-order chi connectivity index (χ0) is 15.9. The van der Waals surface area contributed by atoms with Gasteiger partial charge in [-0.25, -0.2) is 4.79 Å². The topological polar surface area (TPSA) is 84.2 Å². The minimum Gasteiger partial charge on any atom is -0.366 e. The lowest BCUT2D eigenvalue weighted by molar-refractivity contribution is 0.100. The second-order valence-corrected chi connectivity index (χ2v) is 4.70. The average molecular weight is 295 g/mol. The van der Waals surface area contributed by atoms with Gasteiger partial charge >= 0.3 is 6.03 Å². The highest BCUT2D eigenvalue weighted by Crippen LogP contribution is 2.14. The molecular formula is C17H17N3O2. The highest BCUT2D eigenvalue weighted by Gasteiger charge is 2.08. The smallest absolute Gasteiger partial charge is 0.323 e. The molecule has 3 amide bonds. The van der Waals surface area contributed by atoms with Crippen LogP contribution in [0, 0.1) is 6.92 Å². The Morgan fingerprint density at radius 3 is 2.45 bits per heavy atom. The van der Waals surface area contributed by atoms with E-state index in [2.05, 4.69) is 10.6 Å². The fourth-order valence-electron chi connectivity index (χ4n) is 1.95. The summed E-state index contributed by atoms with van der Waals surface area (Å²) in [6.07, 6.45) is 3.35. The molecule has 4 N–H and O–H groups in total. The van der Waals surface area contributed by atoms with Crippen molar-refractivity contribution in [3.63, 3.8) is 0 Å². The first-order valence-electron chi connectivity index (χ1n) is 6.76. The molecule has 0 atom stereocenters. The van der Waals surface area contributed by atoms with Crippen LogP contribution in [-0.4, -0.2) is 11.9 Å². The maximum absolute atomic E-state index is 11.8. The van der Waals surface area contributed by atoms with Gasteiger partial charge in [0.2, 0.25) is 0 Å². The molecule has 0 unspecified atom stereocenters. The maximum atomic E-state index is 11.8. The molecule has 0 spiro atoms. The molecule has 0 aliphatic rings. The number of nitrogens with one attached hydrogen (secondary N) is 2. The van der Waals surface area contributed by atoms with Crippen LogP contribution >= 0.6 is 0 Å². The number of nitrogens with two attached hydrogens (primary N) is 1. The number of hydrogen-bond donors (Lipinski definition) is 3. The van der Waals surface area contributed by atoms with Gasteiger partial charge in [0, 0.05) is 6.20 Å². The Hall–Kier alpha value is -3.08. The van der Waals surface area contributed by atoms with E-state index in [-0.39, 0.29) is 5.56 Å². The molecule has 0 aromatic heterocycles. The van der Waals surface area contributed by atoms with Gasteiger partial charge in [-0.15, -0.1) is 0 Å². The molecule has 0 saturated carbocycles. The summed E-state index contributed by atoms with van der Waals surface area (Å²) in [5, 5.41) is 5.18. The zero-order valence-corrected chi connectivity index (χ0v) is 12.2. The van der Waals surface area contributed by atoms with Gasteiger partial charge in [0.1, 0.15) is 0 Å². The van der Waals surface area contributed by atoms with Crippen molar-refractivity contribution < 1.29 is 9.59 Å². The molecule has 0 saturated heterocycles. The molecule has 0 bridgehead atoms. The van der Waals surface area contributed by atoms with Crippen LogP contribution in [0.5, 0.6) is 0 Å². The molecule has 0 fully saturated rings. The molecular weight excluding hydrogens is 278 g/mol. The predicted molar refractivity (Wildman–Crippen MR) is 87.3 cm³/mol. The summed E-state index contributed by atoms with van der Waals surface area (Å²) in [6.45, 7) is 1.99. The lowest BCUT2D eigenvalue weighted by atomic mass is 10.1. The van der Waals surface area contributed by atoms with Gasteiger partial charge in [0.25, 0.3) is 5.91 Å². The molecule has 2 rings (SSSR count). The second-order valence-electron chi connectivity index (χ2n) is 4.70. The summed E-state index contributed by atoms with van der Waals surface area (Å²) in [7, 11) is 0. The number of aryl methyl sites for hydroxylation is 1. The van der Waals surface area contributed by atoms with Crippen LogP contribution in [0.15, 0.2) is 54.7 Å². The predicted octanol–water partition coefficient (Wildman–Crippen LogP) is 2.89. The van der Waals surface area contributed by atoms with E-state index in [1.807, 2.05) is 31.2 Å². The number of anilines is 1. The lowest BCUT2D eigenvalue weighted by Gasteiger charge is -2.08. The lowest BCUT2D eigenvalue weighted by Crippen LogP contribution is -2.25. The summed E-state index contributed by atoms with van der Waals surface area (Å²) in [5.74, 6) is -0.591. The van der Waals surface area contributed by atoms with Crippen molar-refractivity contribution in [2.75, 3.05) is 5.32 Å². The van der Waals surface area contributed by atoms with Crippen LogP contribution in [0.25, 0.3) is 6.08 Å². The minimum atomic E-state index is -0.591. The highest BCUT2D eigenvalue weighted by molar-refractivity contribution is 6.02. The number of hydrogen-bond acceptors (Lipinski definition) is 2. The van der Waals surface area contributed by atoms with E-state index in [9.17, 15) is 9.59 Å². The van der Waals surface area contributed by atoms with E-state index in [1.54, 1.807) is 36.5 Å². The third-order valence-electron chi connectivity index (χ3n) is 3.11. The van der Waals surface area contributed by atoms with Gasteiger partial charge in [-0.2, -0.15) is 0 Å². The van der Waals surface area contributed by atoms with Crippen LogP contribution < -0.4 is 16.4 Å². The Kier molecular flexibility index (Phi) is 4.93. The van der Waals surface area contributed by atoms with E-state index in [1.165, 1.54) is 0 Å². The number of urea groups is 1. The molecule has 5 nitrogen and oxygen atoms in total. The third kappa shape index (κ3) is 3.96. The number of para-hydroxylation sites is 1. The molecule has 2 aromatic rings. The van der Waals surface area contributed by atoms with E-state index < -0.39 is 11.9 Å². The van der Waals surface area contributed by atoms with E-state index in [4.69, 9.17) is 5.73 Å². The second kappa shape index (κ2) is 7.08. The fraction of sp³-hybridized carbons (Fsp3) is 0.0588. The molecule has 0 aliphatic carbocycles. The number of primary amides is 1. The number of amides is 3. The van der Waals surface area contributed by atoms with Crippen molar-refractivity contribution >= 4 is 23.7 Å². The summed E-state index contributed by atoms with van der Waals surface area (Å²) in [5.41, 5.74) is 8.02. The van der Waals surface area contributed by atoms with Gasteiger partial charge < -0.3 is 16.4 Å². The molecule has 22 heavy (non-hydrogen) atoms. The SMILES string of the molecule is Cc1ccccc1/C=C/NC(=O)Nc1ccccc1C(N)=O. The van der Waals surface area contributed by atoms with E-state index in [0.29, 0.717) is 5.69 Å². The van der Waals surface area contributed by atoms with Gasteiger partial charge in [0.15, 0.2) is 0 Å². The van der Waals surface area contributed by atoms with Gasteiger partial charge in [-0.1, -0.05) is 36.4 Å². The van der Waals surface area contributed by atoms with Crippen LogP contribution in [0.4, 0.5) is 10.5 Å². The molecule has 0 aliphatic heterocycles. The number of benzene rings is 2. The first-order chi connectivity index (χ1) is 10.6. The number of carbonyl (C=O) groups excluding carboxylic acids is 2. The fourth-order valence-corrected chi connectivity index (χ4v) is 1.95. The average Bonchev–Trinajstić information content (AvgIpc) is 2.49. The van der Waals surface area contributed by atoms with Crippen molar-refractivity contribution in [3.8, 4) is 0 Å². The van der Waals surface area contributed by atoms with E-state index >= 15 is 0 Å². The Morgan fingerprint density at radius 2 is 1.73 bits per heavy atom. The number of rotatable bonds is 4. The largest absolute Gasteiger partial charge is 0.366 e. The normalized spacial score (nSPS) is 10.4. The highest BCUT2D eigenvalue weighted by atomic mass is 16.2. The van der Waals surface area contributed by atoms with Crippen molar-refractivity contribution in [3.05, 3.63) is 71.4 Å². The third-order valence-corrected chi connectivity index (χ3v) is 3.11. The van der Waals surface area contributed by atoms with Gasteiger partial charge in [-0.05, 0) is 36.3 Å². The Morgan fingerprint density at radius 1 is 1.05 bits per heavy atom. The summed E-state index contributed by atoms with van der Waals surface area (Å²) < 4.78 is 0. The summed E-state index contributed by atoms with van der Waals surface area (Å²) >= 11 is 0. The minimum absolute atomic E-state index is 0.264. The molecule has 5 heteroatoms. The molecule has 0 radical (unpaired) electrons. The van der Waals surface area contributed by atoms with Gasteiger partial charge in [0.05, 0.1) is 11.3 Å². The van der Waals surface area contributed by atoms with Crippen molar-refractivity contribution in [2.45, 2.75) is 6.92 Å². The first kappa shape index (κ1) is 15.3.